The van der Waals surface area contributed by atoms with Gasteiger partial charge < -0.3 is 4.90 Å². The van der Waals surface area contributed by atoms with E-state index in [1.54, 1.807) is 0 Å². The first-order valence-corrected chi connectivity index (χ1v) is 10.9. The number of rotatable bonds is 7. The minimum Gasteiger partial charge on any atom is -0.374 e. The van der Waals surface area contributed by atoms with Crippen molar-refractivity contribution in [3.8, 4) is 11.1 Å². The first-order chi connectivity index (χ1) is 14.6. The number of anilines is 1. The van der Waals surface area contributed by atoms with Gasteiger partial charge in [0.2, 0.25) is 5.91 Å². The SMILES string of the molecule is CN(CCc1ccccc1)c1cccc(-c2ccc(CC3SC(=O)NC3=O)cc2)c1. The number of hydrogen-bond acceptors (Lipinski definition) is 4. The van der Waals surface area contributed by atoms with E-state index >= 15 is 0 Å². The van der Waals surface area contributed by atoms with Crippen molar-refractivity contribution < 1.29 is 9.59 Å². The second-order valence-corrected chi connectivity index (χ2v) is 8.67. The summed E-state index contributed by atoms with van der Waals surface area (Å²) in [5.74, 6) is -0.194. The molecule has 1 unspecified atom stereocenters. The summed E-state index contributed by atoms with van der Waals surface area (Å²) in [4.78, 5) is 25.4. The zero-order valence-corrected chi connectivity index (χ0v) is 17.7. The average molecular weight is 417 g/mol. The zero-order chi connectivity index (χ0) is 20.9. The molecule has 0 aliphatic carbocycles. The van der Waals surface area contributed by atoms with Crippen molar-refractivity contribution in [2.24, 2.45) is 0 Å². The highest BCUT2D eigenvalue weighted by molar-refractivity contribution is 8.15. The Labute approximate surface area is 181 Å². The van der Waals surface area contributed by atoms with Crippen LogP contribution in [0.4, 0.5) is 10.5 Å². The second-order valence-electron chi connectivity index (χ2n) is 7.49. The summed E-state index contributed by atoms with van der Waals surface area (Å²) < 4.78 is 0. The molecule has 0 aromatic heterocycles. The highest BCUT2D eigenvalue weighted by Crippen LogP contribution is 2.27. The molecule has 3 aromatic rings. The number of imide groups is 1. The van der Waals surface area contributed by atoms with Crippen LogP contribution < -0.4 is 10.2 Å². The molecular formula is C25H24N2O2S. The third kappa shape index (κ3) is 4.92. The Kier molecular flexibility index (Phi) is 6.19. The van der Waals surface area contributed by atoms with Crippen LogP contribution in [0.3, 0.4) is 0 Å². The van der Waals surface area contributed by atoms with Crippen molar-refractivity contribution in [2.75, 3.05) is 18.5 Å². The van der Waals surface area contributed by atoms with Gasteiger partial charge >= 0.3 is 0 Å². The molecular weight excluding hydrogens is 392 g/mol. The molecule has 0 saturated carbocycles. The van der Waals surface area contributed by atoms with E-state index in [0.29, 0.717) is 6.42 Å². The maximum Gasteiger partial charge on any atom is 0.286 e. The van der Waals surface area contributed by atoms with Gasteiger partial charge in [-0.2, -0.15) is 0 Å². The maximum atomic E-state index is 11.8. The van der Waals surface area contributed by atoms with Crippen LogP contribution in [0, 0.1) is 0 Å². The first kappa shape index (κ1) is 20.2. The normalized spacial score (nSPS) is 15.8. The Morgan fingerprint density at radius 1 is 0.867 bits per heavy atom. The number of carbonyl (C=O) groups excluding carboxylic acids is 2. The zero-order valence-electron chi connectivity index (χ0n) is 16.9. The van der Waals surface area contributed by atoms with Crippen LogP contribution in [0.25, 0.3) is 11.1 Å². The predicted molar refractivity (Wildman–Crippen MR) is 124 cm³/mol. The van der Waals surface area contributed by atoms with Crippen LogP contribution in [-0.2, 0) is 17.6 Å². The molecule has 4 nitrogen and oxygen atoms in total. The third-order valence-corrected chi connectivity index (χ3v) is 6.32. The second kappa shape index (κ2) is 9.18. The van der Waals surface area contributed by atoms with Gasteiger partial charge in [0.1, 0.15) is 0 Å². The molecule has 1 fully saturated rings. The minimum atomic E-state index is -0.329. The van der Waals surface area contributed by atoms with E-state index in [2.05, 4.69) is 77.9 Å². The number of benzene rings is 3. The van der Waals surface area contributed by atoms with Crippen LogP contribution >= 0.6 is 11.8 Å². The topological polar surface area (TPSA) is 49.4 Å². The lowest BCUT2D eigenvalue weighted by Gasteiger charge is -2.20. The van der Waals surface area contributed by atoms with Gasteiger partial charge in [0.15, 0.2) is 0 Å². The number of likely N-dealkylation sites (N-methyl/N-ethyl adjacent to an activating group) is 1. The number of hydrogen-bond donors (Lipinski definition) is 1. The van der Waals surface area contributed by atoms with Gasteiger partial charge in [0, 0.05) is 19.3 Å². The summed E-state index contributed by atoms with van der Waals surface area (Å²) in [7, 11) is 2.12. The van der Waals surface area contributed by atoms with Gasteiger partial charge in [-0.15, -0.1) is 0 Å². The molecule has 0 radical (unpaired) electrons. The lowest BCUT2D eigenvalue weighted by Crippen LogP contribution is -2.25. The van der Waals surface area contributed by atoms with Crippen molar-refractivity contribution in [1.29, 1.82) is 0 Å². The number of amides is 2. The molecule has 2 amide bonds. The van der Waals surface area contributed by atoms with Crippen molar-refractivity contribution in [1.82, 2.24) is 5.32 Å². The van der Waals surface area contributed by atoms with Crippen LogP contribution in [-0.4, -0.2) is 30.0 Å². The largest absolute Gasteiger partial charge is 0.374 e. The molecule has 1 aliphatic rings. The third-order valence-electron chi connectivity index (χ3n) is 5.34. The van der Waals surface area contributed by atoms with E-state index in [1.165, 1.54) is 11.3 Å². The van der Waals surface area contributed by atoms with E-state index in [1.807, 2.05) is 18.2 Å². The van der Waals surface area contributed by atoms with Gasteiger partial charge in [-0.05, 0) is 47.2 Å². The molecule has 1 heterocycles. The molecule has 0 spiro atoms. The maximum absolute atomic E-state index is 11.8. The monoisotopic (exact) mass is 416 g/mol. The Morgan fingerprint density at radius 3 is 2.33 bits per heavy atom. The van der Waals surface area contributed by atoms with Crippen LogP contribution in [0.15, 0.2) is 78.9 Å². The quantitative estimate of drug-likeness (QED) is 0.594. The van der Waals surface area contributed by atoms with Crippen molar-refractivity contribution in [3.05, 3.63) is 90.0 Å². The number of carbonyl (C=O) groups is 2. The number of thioether (sulfide) groups is 1. The van der Waals surface area contributed by atoms with E-state index in [0.717, 1.165) is 41.4 Å². The fourth-order valence-corrected chi connectivity index (χ4v) is 4.43. The van der Waals surface area contributed by atoms with Crippen molar-refractivity contribution >= 4 is 28.6 Å². The van der Waals surface area contributed by atoms with E-state index in [9.17, 15) is 9.59 Å². The van der Waals surface area contributed by atoms with Gasteiger partial charge in [-0.25, -0.2) is 0 Å². The Morgan fingerprint density at radius 2 is 1.63 bits per heavy atom. The van der Waals surface area contributed by atoms with Crippen LogP contribution in [0.2, 0.25) is 0 Å². The molecule has 1 N–H and O–H groups in total. The summed E-state index contributed by atoms with van der Waals surface area (Å²) in [5, 5.41) is 1.76. The molecule has 3 aromatic carbocycles. The van der Waals surface area contributed by atoms with Crippen molar-refractivity contribution in [2.45, 2.75) is 18.1 Å². The Bertz CT molecular complexity index is 1030. The molecule has 0 bridgehead atoms. The van der Waals surface area contributed by atoms with Gasteiger partial charge in [-0.3, -0.25) is 14.9 Å². The summed E-state index contributed by atoms with van der Waals surface area (Å²) in [6.45, 7) is 0.951. The first-order valence-electron chi connectivity index (χ1n) is 10.0. The fourth-order valence-electron chi connectivity index (χ4n) is 3.57. The standard InChI is InChI=1S/C25H24N2O2S/c1-27(15-14-18-6-3-2-4-7-18)22-9-5-8-21(17-22)20-12-10-19(11-13-20)16-23-24(28)26-25(29)30-23/h2-13,17,23H,14-16H2,1H3,(H,26,28,29). The summed E-state index contributed by atoms with van der Waals surface area (Å²) in [6.07, 6.45) is 1.57. The van der Waals surface area contributed by atoms with Gasteiger partial charge in [0.25, 0.3) is 5.24 Å². The minimum absolute atomic E-state index is 0.194. The lowest BCUT2D eigenvalue weighted by atomic mass is 10.0. The van der Waals surface area contributed by atoms with Gasteiger partial charge in [0.05, 0.1) is 5.25 Å². The Hall–Kier alpha value is -3.05. The number of nitrogens with zero attached hydrogens (tertiary/aromatic N) is 1. The van der Waals surface area contributed by atoms with Crippen molar-refractivity contribution in [3.63, 3.8) is 0 Å². The lowest BCUT2D eigenvalue weighted by molar-refractivity contribution is -0.118. The fraction of sp³-hybridized carbons (Fsp3) is 0.200. The molecule has 152 valence electrons. The van der Waals surface area contributed by atoms with E-state index in [-0.39, 0.29) is 16.4 Å². The molecule has 30 heavy (non-hydrogen) atoms. The molecule has 4 rings (SSSR count). The van der Waals surface area contributed by atoms with E-state index in [4.69, 9.17) is 0 Å². The Balaban J connectivity index is 1.41. The molecule has 1 saturated heterocycles. The van der Waals surface area contributed by atoms with Crippen LogP contribution in [0.5, 0.6) is 0 Å². The molecule has 5 heteroatoms. The summed E-state index contributed by atoms with van der Waals surface area (Å²) >= 11 is 1.07. The predicted octanol–water partition coefficient (Wildman–Crippen LogP) is 4.93. The average Bonchev–Trinajstić information content (AvgIpc) is 3.10. The number of nitrogens with one attached hydrogen (secondary N) is 1. The molecule has 1 atom stereocenters. The van der Waals surface area contributed by atoms with Gasteiger partial charge in [-0.1, -0.05) is 78.5 Å². The molecule has 1 aliphatic heterocycles. The smallest absolute Gasteiger partial charge is 0.286 e. The van der Waals surface area contributed by atoms with Crippen LogP contribution in [0.1, 0.15) is 11.1 Å². The highest BCUT2D eigenvalue weighted by Gasteiger charge is 2.31. The summed E-state index contributed by atoms with van der Waals surface area (Å²) in [5.41, 5.74) is 5.87. The van der Waals surface area contributed by atoms with E-state index < -0.39 is 0 Å². The highest BCUT2D eigenvalue weighted by atomic mass is 32.2. The summed E-state index contributed by atoms with van der Waals surface area (Å²) in [6, 6.07) is 27.3.